The van der Waals surface area contributed by atoms with Crippen LogP contribution in [-0.4, -0.2) is 6.04 Å². The fourth-order valence-electron chi connectivity index (χ4n) is 1.97. The van der Waals surface area contributed by atoms with Crippen molar-refractivity contribution in [2.45, 2.75) is 6.04 Å². The predicted molar refractivity (Wildman–Crippen MR) is 67.8 cm³/mol. The smallest absolute Gasteiger partial charge is 0.0701 e. The average Bonchev–Trinajstić information content (AvgIpc) is 2.27. The minimum Gasteiger partial charge on any atom is -0.374 e. The fourth-order valence-corrected chi connectivity index (χ4v) is 2.45. The third-order valence-corrected chi connectivity index (χ3v) is 3.43. The summed E-state index contributed by atoms with van der Waals surface area (Å²) >= 11 is 3.57. The van der Waals surface area contributed by atoms with Crippen molar-refractivity contribution in [3.63, 3.8) is 0 Å². The van der Waals surface area contributed by atoms with Crippen LogP contribution in [0.4, 0.5) is 5.69 Å². The second-order valence-electron chi connectivity index (χ2n) is 3.71. The standard InChI is InChI=1S/C13H10BrN/c14-11-5-3-7-13-10(11)8-9-4-1-2-6-12(9)15-13/h1-8,12,15H. The molecule has 2 aliphatic rings. The van der Waals surface area contributed by atoms with Crippen LogP contribution < -0.4 is 5.32 Å². The summed E-state index contributed by atoms with van der Waals surface area (Å²) in [5.41, 5.74) is 3.75. The molecule has 1 heterocycles. The van der Waals surface area contributed by atoms with Gasteiger partial charge in [-0.3, -0.25) is 0 Å². The molecule has 1 unspecified atom stereocenters. The fraction of sp³-hybridized carbons (Fsp3) is 0.0769. The summed E-state index contributed by atoms with van der Waals surface area (Å²) in [6.45, 7) is 0. The molecule has 1 aromatic carbocycles. The number of allylic oxidation sites excluding steroid dienone is 2. The molecule has 0 aromatic heterocycles. The number of halogens is 1. The third-order valence-electron chi connectivity index (χ3n) is 2.74. The summed E-state index contributed by atoms with van der Waals surface area (Å²) in [6, 6.07) is 6.56. The topological polar surface area (TPSA) is 12.0 Å². The van der Waals surface area contributed by atoms with Crippen LogP contribution in [0.25, 0.3) is 6.08 Å². The van der Waals surface area contributed by atoms with Gasteiger partial charge in [-0.05, 0) is 23.8 Å². The summed E-state index contributed by atoms with van der Waals surface area (Å²) in [5.74, 6) is 0. The molecule has 1 aromatic rings. The highest BCUT2D eigenvalue weighted by molar-refractivity contribution is 9.10. The lowest BCUT2D eigenvalue weighted by Crippen LogP contribution is -2.23. The average molecular weight is 260 g/mol. The summed E-state index contributed by atoms with van der Waals surface area (Å²) in [6.07, 6.45) is 10.7. The summed E-state index contributed by atoms with van der Waals surface area (Å²) in [5, 5.41) is 3.50. The molecule has 1 N–H and O–H groups in total. The maximum atomic E-state index is 3.57. The van der Waals surface area contributed by atoms with Crippen molar-refractivity contribution < 1.29 is 0 Å². The van der Waals surface area contributed by atoms with Gasteiger partial charge in [-0.25, -0.2) is 0 Å². The second-order valence-corrected chi connectivity index (χ2v) is 4.57. The number of benzene rings is 1. The minimum atomic E-state index is 0.330. The van der Waals surface area contributed by atoms with E-state index in [1.54, 1.807) is 0 Å². The Kier molecular flexibility index (Phi) is 2.03. The number of rotatable bonds is 0. The molecule has 2 heteroatoms. The molecule has 0 fully saturated rings. The monoisotopic (exact) mass is 259 g/mol. The summed E-state index contributed by atoms with van der Waals surface area (Å²) in [7, 11) is 0. The van der Waals surface area contributed by atoms with E-state index >= 15 is 0 Å². The first-order valence-corrected chi connectivity index (χ1v) is 5.75. The van der Waals surface area contributed by atoms with Gasteiger partial charge in [0.25, 0.3) is 0 Å². The van der Waals surface area contributed by atoms with E-state index in [9.17, 15) is 0 Å². The van der Waals surface area contributed by atoms with Crippen molar-refractivity contribution in [3.8, 4) is 0 Å². The van der Waals surface area contributed by atoms with E-state index in [0.717, 1.165) is 4.47 Å². The SMILES string of the molecule is Brc1cccc2c1C=C1C=CC=CC1N2. The maximum absolute atomic E-state index is 3.57. The quantitative estimate of drug-likeness (QED) is 0.749. The van der Waals surface area contributed by atoms with Crippen molar-refractivity contribution >= 4 is 27.7 Å². The molecule has 0 spiro atoms. The molecule has 1 atom stereocenters. The molecular weight excluding hydrogens is 250 g/mol. The van der Waals surface area contributed by atoms with Crippen molar-refractivity contribution in [2.24, 2.45) is 0 Å². The van der Waals surface area contributed by atoms with E-state index in [4.69, 9.17) is 0 Å². The molecule has 1 aliphatic heterocycles. The van der Waals surface area contributed by atoms with Gasteiger partial charge in [0, 0.05) is 15.7 Å². The molecular formula is C13H10BrN. The van der Waals surface area contributed by atoms with E-state index in [-0.39, 0.29) is 0 Å². The van der Waals surface area contributed by atoms with E-state index in [1.165, 1.54) is 16.8 Å². The zero-order chi connectivity index (χ0) is 10.3. The first-order valence-electron chi connectivity index (χ1n) is 4.96. The third kappa shape index (κ3) is 1.45. The Morgan fingerprint density at radius 2 is 2.13 bits per heavy atom. The van der Waals surface area contributed by atoms with Gasteiger partial charge in [0.1, 0.15) is 0 Å². The largest absolute Gasteiger partial charge is 0.374 e. The molecule has 0 bridgehead atoms. The molecule has 0 radical (unpaired) electrons. The highest BCUT2D eigenvalue weighted by Gasteiger charge is 2.18. The zero-order valence-corrected chi connectivity index (χ0v) is 9.66. The molecule has 0 saturated carbocycles. The lowest BCUT2D eigenvalue weighted by Gasteiger charge is -2.26. The van der Waals surface area contributed by atoms with E-state index in [2.05, 4.69) is 69.8 Å². The van der Waals surface area contributed by atoms with Gasteiger partial charge in [0.05, 0.1) is 6.04 Å². The van der Waals surface area contributed by atoms with Crippen molar-refractivity contribution in [2.75, 3.05) is 5.32 Å². The van der Waals surface area contributed by atoms with Crippen LogP contribution in [0.3, 0.4) is 0 Å². The lowest BCUT2D eigenvalue weighted by atomic mass is 9.94. The van der Waals surface area contributed by atoms with Crippen LogP contribution >= 0.6 is 15.9 Å². The van der Waals surface area contributed by atoms with Crippen molar-refractivity contribution in [1.82, 2.24) is 0 Å². The maximum Gasteiger partial charge on any atom is 0.0701 e. The first kappa shape index (κ1) is 8.98. The minimum absolute atomic E-state index is 0.330. The number of anilines is 1. The zero-order valence-electron chi connectivity index (χ0n) is 8.07. The van der Waals surface area contributed by atoms with Crippen molar-refractivity contribution in [3.05, 3.63) is 58.1 Å². The van der Waals surface area contributed by atoms with Crippen LogP contribution in [0, 0.1) is 0 Å². The van der Waals surface area contributed by atoms with E-state index in [0.29, 0.717) is 6.04 Å². The highest BCUT2D eigenvalue weighted by atomic mass is 79.9. The summed E-state index contributed by atoms with van der Waals surface area (Å²) in [4.78, 5) is 0. The normalized spacial score (nSPS) is 21.4. The van der Waals surface area contributed by atoms with Crippen LogP contribution in [0.2, 0.25) is 0 Å². The Morgan fingerprint density at radius 3 is 3.07 bits per heavy atom. The van der Waals surface area contributed by atoms with Crippen LogP contribution in [0.5, 0.6) is 0 Å². The van der Waals surface area contributed by atoms with Gasteiger partial charge in [-0.2, -0.15) is 0 Å². The summed E-state index contributed by atoms with van der Waals surface area (Å²) < 4.78 is 1.14. The van der Waals surface area contributed by atoms with Gasteiger partial charge in [0.2, 0.25) is 0 Å². The van der Waals surface area contributed by atoms with Gasteiger partial charge < -0.3 is 5.32 Å². The molecule has 0 saturated heterocycles. The Labute approximate surface area is 97.3 Å². The Balaban J connectivity index is 2.17. The van der Waals surface area contributed by atoms with Gasteiger partial charge in [0.15, 0.2) is 0 Å². The van der Waals surface area contributed by atoms with Gasteiger partial charge in [-0.1, -0.05) is 46.3 Å². The van der Waals surface area contributed by atoms with Gasteiger partial charge in [-0.15, -0.1) is 0 Å². The van der Waals surface area contributed by atoms with Gasteiger partial charge >= 0.3 is 0 Å². The molecule has 0 amide bonds. The number of hydrogen-bond acceptors (Lipinski definition) is 1. The van der Waals surface area contributed by atoms with E-state index in [1.807, 2.05) is 0 Å². The van der Waals surface area contributed by atoms with Crippen LogP contribution in [0.15, 0.2) is 52.5 Å². The Morgan fingerprint density at radius 1 is 1.20 bits per heavy atom. The molecule has 15 heavy (non-hydrogen) atoms. The lowest BCUT2D eigenvalue weighted by molar-refractivity contribution is 1.04. The second kappa shape index (κ2) is 3.38. The molecule has 1 nitrogen and oxygen atoms in total. The molecule has 1 aliphatic carbocycles. The number of fused-ring (bicyclic) bond motifs is 2. The first-order chi connectivity index (χ1) is 7.34. The highest BCUT2D eigenvalue weighted by Crippen LogP contribution is 2.34. The molecule has 74 valence electrons. The Bertz CT molecular complexity index is 497. The predicted octanol–water partition coefficient (Wildman–Crippen LogP) is 3.75. The van der Waals surface area contributed by atoms with Crippen LogP contribution in [0.1, 0.15) is 5.56 Å². The number of nitrogens with one attached hydrogen (secondary N) is 1. The van der Waals surface area contributed by atoms with Crippen molar-refractivity contribution in [1.29, 1.82) is 0 Å². The van der Waals surface area contributed by atoms with E-state index < -0.39 is 0 Å². The number of hydrogen-bond donors (Lipinski definition) is 1. The van der Waals surface area contributed by atoms with Crippen LogP contribution in [-0.2, 0) is 0 Å². The molecule has 3 rings (SSSR count). The Hall–Kier alpha value is -1.28.